The van der Waals surface area contributed by atoms with Crippen LogP contribution in [0.1, 0.15) is 41.2 Å². The SMILES string of the molecule is Cc1cc(C)c(C(O)C2CCOCC2)c(C)c1. The minimum absolute atomic E-state index is 0.334. The van der Waals surface area contributed by atoms with Gasteiger partial charge in [-0.3, -0.25) is 0 Å². The molecule has 0 bridgehead atoms. The standard InChI is InChI=1S/C15H22O2/c1-10-8-11(2)14(12(3)9-10)15(16)13-4-6-17-7-5-13/h8-9,13,15-16H,4-7H2,1-3H3. The molecular weight excluding hydrogens is 212 g/mol. The van der Waals surface area contributed by atoms with E-state index in [9.17, 15) is 5.11 Å². The van der Waals surface area contributed by atoms with Crippen molar-refractivity contribution in [2.45, 2.75) is 39.7 Å². The number of aliphatic hydroxyl groups is 1. The number of hydrogen-bond acceptors (Lipinski definition) is 2. The Kier molecular flexibility index (Phi) is 3.85. The molecule has 1 aromatic carbocycles. The minimum Gasteiger partial charge on any atom is -0.388 e. The molecule has 2 heteroatoms. The Morgan fingerprint density at radius 3 is 2.18 bits per heavy atom. The molecule has 0 aliphatic carbocycles. The molecule has 0 saturated carbocycles. The highest BCUT2D eigenvalue weighted by Gasteiger charge is 2.25. The van der Waals surface area contributed by atoms with Gasteiger partial charge in [0.15, 0.2) is 0 Å². The van der Waals surface area contributed by atoms with E-state index in [-0.39, 0.29) is 6.10 Å². The number of hydrogen-bond donors (Lipinski definition) is 1. The summed E-state index contributed by atoms with van der Waals surface area (Å²) >= 11 is 0. The van der Waals surface area contributed by atoms with Crippen LogP contribution in [0.5, 0.6) is 0 Å². The molecular formula is C15H22O2. The number of aryl methyl sites for hydroxylation is 3. The Balaban J connectivity index is 2.26. The zero-order valence-electron chi connectivity index (χ0n) is 11.0. The highest BCUT2D eigenvalue weighted by atomic mass is 16.5. The first-order chi connectivity index (χ1) is 8.09. The van der Waals surface area contributed by atoms with Gasteiger partial charge in [0.2, 0.25) is 0 Å². The molecule has 1 atom stereocenters. The van der Waals surface area contributed by atoms with Gasteiger partial charge in [0.25, 0.3) is 0 Å². The van der Waals surface area contributed by atoms with Gasteiger partial charge in [-0.05, 0) is 56.2 Å². The van der Waals surface area contributed by atoms with Gasteiger partial charge in [-0.15, -0.1) is 0 Å². The number of rotatable bonds is 2. The van der Waals surface area contributed by atoms with E-state index in [1.165, 1.54) is 16.7 Å². The van der Waals surface area contributed by atoms with Gasteiger partial charge in [-0.25, -0.2) is 0 Å². The van der Waals surface area contributed by atoms with Crippen molar-refractivity contribution in [2.24, 2.45) is 5.92 Å². The van der Waals surface area contributed by atoms with E-state index in [1.54, 1.807) is 0 Å². The fourth-order valence-electron chi connectivity index (χ4n) is 2.92. The third-order valence-corrected chi connectivity index (χ3v) is 3.75. The van der Waals surface area contributed by atoms with Crippen LogP contribution in [0.15, 0.2) is 12.1 Å². The van der Waals surface area contributed by atoms with Gasteiger partial charge >= 0.3 is 0 Å². The van der Waals surface area contributed by atoms with Crippen LogP contribution in [0, 0.1) is 26.7 Å². The van der Waals surface area contributed by atoms with Crippen LogP contribution in [0.2, 0.25) is 0 Å². The molecule has 1 N–H and O–H groups in total. The third kappa shape index (κ3) is 2.70. The second kappa shape index (κ2) is 5.19. The summed E-state index contributed by atoms with van der Waals surface area (Å²) in [5.41, 5.74) is 4.81. The maximum absolute atomic E-state index is 10.5. The van der Waals surface area contributed by atoms with Crippen molar-refractivity contribution in [2.75, 3.05) is 13.2 Å². The predicted octanol–water partition coefficient (Wildman–Crippen LogP) is 3.07. The molecule has 1 fully saturated rings. The van der Waals surface area contributed by atoms with Crippen molar-refractivity contribution in [1.82, 2.24) is 0 Å². The van der Waals surface area contributed by atoms with Gasteiger partial charge in [0.1, 0.15) is 0 Å². The Labute approximate surface area is 104 Å². The van der Waals surface area contributed by atoms with Gasteiger partial charge in [-0.2, -0.15) is 0 Å². The van der Waals surface area contributed by atoms with E-state index < -0.39 is 0 Å². The zero-order chi connectivity index (χ0) is 12.4. The van der Waals surface area contributed by atoms with Crippen LogP contribution in [0.4, 0.5) is 0 Å². The van der Waals surface area contributed by atoms with Crippen LogP contribution in [0.25, 0.3) is 0 Å². The zero-order valence-corrected chi connectivity index (χ0v) is 11.0. The average molecular weight is 234 g/mol. The maximum Gasteiger partial charge on any atom is 0.0825 e. The first-order valence-electron chi connectivity index (χ1n) is 6.43. The van der Waals surface area contributed by atoms with E-state index in [0.717, 1.165) is 31.6 Å². The Morgan fingerprint density at radius 1 is 1.12 bits per heavy atom. The molecule has 1 aliphatic heterocycles. The van der Waals surface area contributed by atoms with Crippen molar-refractivity contribution in [3.05, 3.63) is 34.4 Å². The summed E-state index contributed by atoms with van der Waals surface area (Å²) in [5.74, 6) is 0.351. The molecule has 2 rings (SSSR count). The van der Waals surface area contributed by atoms with E-state index in [2.05, 4.69) is 32.9 Å². The van der Waals surface area contributed by atoms with Gasteiger partial charge in [0, 0.05) is 13.2 Å². The van der Waals surface area contributed by atoms with Crippen molar-refractivity contribution >= 4 is 0 Å². The highest BCUT2D eigenvalue weighted by molar-refractivity contribution is 5.39. The largest absolute Gasteiger partial charge is 0.388 e. The molecule has 1 aromatic rings. The topological polar surface area (TPSA) is 29.5 Å². The van der Waals surface area contributed by atoms with Crippen molar-refractivity contribution in [3.8, 4) is 0 Å². The first kappa shape index (κ1) is 12.6. The summed E-state index contributed by atoms with van der Waals surface area (Å²) in [4.78, 5) is 0. The number of ether oxygens (including phenoxy) is 1. The first-order valence-corrected chi connectivity index (χ1v) is 6.43. The summed E-state index contributed by atoms with van der Waals surface area (Å²) in [7, 11) is 0. The third-order valence-electron chi connectivity index (χ3n) is 3.75. The summed E-state index contributed by atoms with van der Waals surface area (Å²) in [5, 5.41) is 10.5. The van der Waals surface area contributed by atoms with Crippen molar-refractivity contribution < 1.29 is 9.84 Å². The summed E-state index contributed by atoms with van der Waals surface area (Å²) < 4.78 is 5.35. The average Bonchev–Trinajstić information content (AvgIpc) is 2.28. The molecule has 94 valence electrons. The fraction of sp³-hybridized carbons (Fsp3) is 0.600. The van der Waals surface area contributed by atoms with Crippen molar-refractivity contribution in [3.63, 3.8) is 0 Å². The van der Waals surface area contributed by atoms with Crippen LogP contribution in [-0.4, -0.2) is 18.3 Å². The Bertz CT molecular complexity index is 369. The predicted molar refractivity (Wildman–Crippen MR) is 69.2 cm³/mol. The lowest BCUT2D eigenvalue weighted by atomic mass is 9.85. The second-order valence-corrected chi connectivity index (χ2v) is 5.21. The molecule has 2 nitrogen and oxygen atoms in total. The highest BCUT2D eigenvalue weighted by Crippen LogP contribution is 2.33. The lowest BCUT2D eigenvalue weighted by Crippen LogP contribution is -2.23. The van der Waals surface area contributed by atoms with Crippen LogP contribution >= 0.6 is 0 Å². The molecule has 17 heavy (non-hydrogen) atoms. The van der Waals surface area contributed by atoms with E-state index >= 15 is 0 Å². The van der Waals surface area contributed by atoms with Gasteiger partial charge in [-0.1, -0.05) is 17.7 Å². The molecule has 1 unspecified atom stereocenters. The smallest absolute Gasteiger partial charge is 0.0825 e. The fourth-order valence-corrected chi connectivity index (χ4v) is 2.92. The summed E-state index contributed by atoms with van der Waals surface area (Å²) in [6.07, 6.45) is 1.60. The molecule has 0 spiro atoms. The van der Waals surface area contributed by atoms with Crippen LogP contribution in [-0.2, 0) is 4.74 Å². The second-order valence-electron chi connectivity index (χ2n) is 5.21. The molecule has 0 radical (unpaired) electrons. The summed E-state index contributed by atoms with van der Waals surface area (Å²) in [6, 6.07) is 4.32. The quantitative estimate of drug-likeness (QED) is 0.852. The number of aliphatic hydroxyl groups excluding tert-OH is 1. The van der Waals surface area contributed by atoms with E-state index in [0.29, 0.717) is 5.92 Å². The molecule has 1 aliphatic rings. The van der Waals surface area contributed by atoms with Gasteiger partial charge in [0.05, 0.1) is 6.10 Å². The van der Waals surface area contributed by atoms with Crippen molar-refractivity contribution in [1.29, 1.82) is 0 Å². The molecule has 1 heterocycles. The van der Waals surface area contributed by atoms with E-state index in [1.807, 2.05) is 0 Å². The monoisotopic (exact) mass is 234 g/mol. The summed E-state index contributed by atoms with van der Waals surface area (Å²) in [6.45, 7) is 7.86. The number of benzene rings is 1. The van der Waals surface area contributed by atoms with Gasteiger partial charge < -0.3 is 9.84 Å². The molecule has 0 amide bonds. The Hall–Kier alpha value is -0.860. The molecule has 1 saturated heterocycles. The lowest BCUT2D eigenvalue weighted by molar-refractivity contribution is 0.00672. The van der Waals surface area contributed by atoms with Crippen LogP contribution in [0.3, 0.4) is 0 Å². The van der Waals surface area contributed by atoms with Crippen LogP contribution < -0.4 is 0 Å². The normalized spacial score (nSPS) is 19.3. The Morgan fingerprint density at radius 2 is 1.65 bits per heavy atom. The van der Waals surface area contributed by atoms with E-state index in [4.69, 9.17) is 4.74 Å². The minimum atomic E-state index is -0.334. The molecule has 0 aromatic heterocycles. The lowest BCUT2D eigenvalue weighted by Gasteiger charge is -2.29. The maximum atomic E-state index is 10.5.